The molecule has 0 unspecified atom stereocenters. The second-order valence-corrected chi connectivity index (χ2v) is 1.37. The summed E-state index contributed by atoms with van der Waals surface area (Å²) in [5.74, 6) is -4.48. The number of carboxylic acids is 1. The Morgan fingerprint density at radius 3 is 3.12 bits per heavy atom. The van der Waals surface area contributed by atoms with Gasteiger partial charge in [0.15, 0.2) is 0 Å². The van der Waals surface area contributed by atoms with Gasteiger partial charge in [0.25, 0.3) is 1.43 Å². The van der Waals surface area contributed by atoms with E-state index in [1.807, 2.05) is 0 Å². The molecule has 0 atom stereocenters. The predicted octanol–water partition coefficient (Wildman–Crippen LogP) is 0.0501. The summed E-state index contributed by atoms with van der Waals surface area (Å²) in [5.41, 5.74) is 0. The largest absolute Gasteiger partial charge is 0.481 e. The van der Waals surface area contributed by atoms with Crippen LogP contribution in [0.15, 0.2) is 0 Å². The molecule has 3 heteroatoms. The number of ketones is 1. The minimum Gasteiger partial charge on any atom is -0.481 e. The summed E-state index contributed by atoms with van der Waals surface area (Å²) < 4.78 is 34.3. The Kier molecular flexibility index (Phi) is 0.360. The van der Waals surface area contributed by atoms with Crippen molar-refractivity contribution in [3.05, 3.63) is 0 Å². The highest BCUT2D eigenvalue weighted by molar-refractivity contribution is 5.93. The third-order valence-electron chi connectivity index (χ3n) is 0.787. The van der Waals surface area contributed by atoms with E-state index in [0.717, 1.165) is 0 Å². The van der Waals surface area contributed by atoms with Crippen LogP contribution >= 0.6 is 0 Å². The van der Waals surface area contributed by atoms with Gasteiger partial charge in [0.2, 0.25) is 0 Å². The van der Waals surface area contributed by atoms with Gasteiger partial charge < -0.3 is 5.11 Å². The van der Waals surface area contributed by atoms with E-state index < -0.39 is 30.4 Å². The van der Waals surface area contributed by atoms with Gasteiger partial charge in [0, 0.05) is 18.2 Å². The summed E-state index contributed by atoms with van der Waals surface area (Å²) in [4.78, 5) is 21.5. The predicted molar refractivity (Wildman–Crippen MR) is 25.4 cm³/mol. The third kappa shape index (κ3) is 0.710. The van der Waals surface area contributed by atoms with Gasteiger partial charge in [-0.05, 0) is 0 Å². The van der Waals surface area contributed by atoms with E-state index in [-0.39, 0.29) is 0 Å². The summed E-state index contributed by atoms with van der Waals surface area (Å²) in [6, 6.07) is 0. The number of aliphatic carboxylic acids is 1. The zero-order valence-electron chi connectivity index (χ0n) is 8.80. The Bertz CT molecular complexity index is 255. The summed E-state index contributed by atoms with van der Waals surface area (Å²) in [7, 11) is 0. The molecule has 1 saturated carbocycles. The number of carbonyl (C=O) groups excluding carboxylic acids is 1. The lowest BCUT2D eigenvalue weighted by Gasteiger charge is -2.18. The molecular weight excluding hydrogens is 108 g/mol. The lowest BCUT2D eigenvalue weighted by Crippen LogP contribution is -2.29. The van der Waals surface area contributed by atoms with Crippen molar-refractivity contribution < 1.29 is 20.2 Å². The molecule has 1 aliphatic carbocycles. The highest BCUT2D eigenvalue weighted by atomic mass is 16.4. The molecule has 3 nitrogen and oxygen atoms in total. The molecule has 0 bridgehead atoms. The normalized spacial score (nSPS) is 41.5. The van der Waals surface area contributed by atoms with Crippen LogP contribution in [0.2, 0.25) is 0 Å². The average Bonchev–Trinajstić information content (AvgIpc) is 2.02. The van der Waals surface area contributed by atoms with Crippen molar-refractivity contribution in [2.75, 3.05) is 0 Å². The second kappa shape index (κ2) is 1.58. The van der Waals surface area contributed by atoms with Gasteiger partial charge in [-0.25, -0.2) is 0 Å². The molecule has 0 aromatic carbocycles. The van der Waals surface area contributed by atoms with Crippen LogP contribution in [0, 0.1) is 5.92 Å². The lowest BCUT2D eigenvalue weighted by atomic mass is 9.84. The fourth-order valence-electron chi connectivity index (χ4n) is 0.380. The van der Waals surface area contributed by atoms with Crippen LogP contribution in [0.5, 0.6) is 0 Å². The molecule has 1 N–H and O–H groups in total. The summed E-state index contributed by atoms with van der Waals surface area (Å²) >= 11 is 0. The van der Waals surface area contributed by atoms with E-state index in [9.17, 15) is 9.59 Å². The SMILES string of the molecule is [2H]OC(=O)C1C([2H])([2H])C(=O)C1([2H])[2H]. The highest BCUT2D eigenvalue weighted by Crippen LogP contribution is 2.22. The third-order valence-corrected chi connectivity index (χ3v) is 0.787. The zero-order chi connectivity index (χ0) is 10.4. The van der Waals surface area contributed by atoms with Crippen LogP contribution in [0.25, 0.3) is 1.43 Å². The van der Waals surface area contributed by atoms with Crippen LogP contribution < -0.4 is 0 Å². The maximum absolute atomic E-state index is 10.8. The van der Waals surface area contributed by atoms with Crippen LogP contribution in [0.1, 0.15) is 18.2 Å². The number of Topliss-reactive ketones (excluding diaryl/α,β-unsaturated/α-hetero) is 1. The molecule has 0 aromatic heterocycles. The topological polar surface area (TPSA) is 54.4 Å². The van der Waals surface area contributed by atoms with Gasteiger partial charge in [0.05, 0.1) is 5.92 Å². The van der Waals surface area contributed by atoms with Crippen molar-refractivity contribution in [2.24, 2.45) is 5.92 Å². The smallest absolute Gasteiger partial charge is 0.307 e. The van der Waals surface area contributed by atoms with E-state index in [1.165, 1.54) is 0 Å². The quantitative estimate of drug-likeness (QED) is 0.530. The average molecular weight is 119 g/mol. The molecule has 0 heterocycles. The molecule has 44 valence electrons. The van der Waals surface area contributed by atoms with Crippen molar-refractivity contribution in [2.45, 2.75) is 12.7 Å². The minimum atomic E-state index is -2.55. The maximum atomic E-state index is 10.8. The van der Waals surface area contributed by atoms with Gasteiger partial charge in [-0.3, -0.25) is 9.59 Å². The summed E-state index contributed by atoms with van der Waals surface area (Å²) in [6.45, 7) is 0. The summed E-state index contributed by atoms with van der Waals surface area (Å²) in [6.07, 6.45) is -5.11. The fraction of sp³-hybridized carbons (Fsp3) is 0.600. The first-order valence-corrected chi connectivity index (χ1v) is 1.98. The zero-order valence-corrected chi connectivity index (χ0v) is 3.80. The van der Waals surface area contributed by atoms with Gasteiger partial charge in [-0.15, -0.1) is 0 Å². The van der Waals surface area contributed by atoms with Crippen LogP contribution in [-0.2, 0) is 9.59 Å². The number of hydrogen-bond acceptors (Lipinski definition) is 3. The van der Waals surface area contributed by atoms with Crippen LogP contribution in [0.4, 0.5) is 0 Å². The van der Waals surface area contributed by atoms with Crippen molar-refractivity contribution in [1.82, 2.24) is 0 Å². The molecule has 0 aromatic rings. The Balaban J connectivity index is 2.98. The Hall–Kier alpha value is -0.860. The standard InChI is InChI=1S/C5H6O3/c6-4-1-3(2-4)5(7)8/h3H,1-2H2,(H,7,8)/i1D2,2D2/hD. The van der Waals surface area contributed by atoms with Crippen molar-refractivity contribution in [3.63, 3.8) is 0 Å². The van der Waals surface area contributed by atoms with E-state index in [1.54, 1.807) is 0 Å². The minimum absolute atomic E-state index is 1.28. The van der Waals surface area contributed by atoms with Gasteiger partial charge in [-0.2, -0.15) is 0 Å². The number of rotatable bonds is 1. The maximum Gasteiger partial charge on any atom is 0.307 e. The number of hydrogen-bond donors (Lipinski definition) is 1. The second-order valence-electron chi connectivity index (χ2n) is 1.37. The van der Waals surface area contributed by atoms with Gasteiger partial charge in [0.1, 0.15) is 5.78 Å². The molecule has 0 spiro atoms. The Labute approximate surface area is 53.4 Å². The van der Waals surface area contributed by atoms with Crippen molar-refractivity contribution in [1.29, 1.82) is 1.43 Å². The van der Waals surface area contributed by atoms with Crippen molar-refractivity contribution in [3.8, 4) is 0 Å². The highest BCUT2D eigenvalue weighted by Gasteiger charge is 2.32. The Morgan fingerprint density at radius 2 is 2.62 bits per heavy atom. The number of carboxylic acid groups (broad SMARTS) is 1. The monoisotopic (exact) mass is 119 g/mol. The molecule has 0 aliphatic heterocycles. The van der Waals surface area contributed by atoms with Crippen LogP contribution in [0.3, 0.4) is 0 Å². The van der Waals surface area contributed by atoms with E-state index >= 15 is 0 Å². The first-order chi connectivity index (χ1) is 5.76. The van der Waals surface area contributed by atoms with Crippen LogP contribution in [-0.4, -0.2) is 16.9 Å². The first kappa shape index (κ1) is 1.83. The molecule has 8 heavy (non-hydrogen) atoms. The van der Waals surface area contributed by atoms with E-state index in [0.29, 0.717) is 0 Å². The van der Waals surface area contributed by atoms with E-state index in [2.05, 4.69) is 5.11 Å². The van der Waals surface area contributed by atoms with Gasteiger partial charge >= 0.3 is 5.97 Å². The summed E-state index contributed by atoms with van der Waals surface area (Å²) in [5, 5.41) is 3.45. The molecule has 1 aliphatic rings. The molecule has 0 radical (unpaired) electrons. The molecule has 1 rings (SSSR count). The lowest BCUT2D eigenvalue weighted by molar-refractivity contribution is -0.149. The fourth-order valence-corrected chi connectivity index (χ4v) is 0.380. The first-order valence-electron chi connectivity index (χ1n) is 4.39. The number of carbonyl (C=O) groups is 2. The molecule has 0 amide bonds. The van der Waals surface area contributed by atoms with Crippen molar-refractivity contribution >= 4 is 11.8 Å². The van der Waals surface area contributed by atoms with Gasteiger partial charge in [-0.1, -0.05) is 0 Å². The molecule has 0 saturated heterocycles. The molecule has 1 fully saturated rings. The Morgan fingerprint density at radius 1 is 2.00 bits per heavy atom. The van der Waals surface area contributed by atoms with E-state index in [4.69, 9.17) is 6.91 Å². The molecular formula is C5H6O3.